The van der Waals surface area contributed by atoms with Gasteiger partial charge in [-0.15, -0.1) is 0 Å². The van der Waals surface area contributed by atoms with Crippen LogP contribution in [0, 0.1) is 0 Å². The molecule has 0 aliphatic carbocycles. The van der Waals surface area contributed by atoms with Crippen LogP contribution < -0.4 is 0 Å². The predicted octanol–water partition coefficient (Wildman–Crippen LogP) is 2.66. The SMILES string of the molecule is CC(=O)OC[C@H]1O[C@H](Sc2ccnc(Cl)c2)[C@H](OC(C)=O)[C@@H](N=[N+]=[N-])[C@H]1OC(C)=O. The van der Waals surface area contributed by atoms with E-state index in [1.807, 2.05) is 0 Å². The van der Waals surface area contributed by atoms with E-state index >= 15 is 0 Å². The molecule has 0 N–H and O–H groups in total. The van der Waals surface area contributed by atoms with Gasteiger partial charge in [-0.25, -0.2) is 4.98 Å². The lowest BCUT2D eigenvalue weighted by Gasteiger charge is -2.43. The standard InChI is InChI=1S/C17H19ClN4O7S/c1-8(23)26-7-12-15(27-9(2)24)14(21-22-19)16(28-10(3)25)17(29-12)30-11-4-5-20-13(18)6-11/h4-6,12,14-17H,7H2,1-3H3/t12-,14+,15+,16-,17-/m1/s1. The van der Waals surface area contributed by atoms with Gasteiger partial charge in [0.1, 0.15) is 41.5 Å². The molecule has 11 nitrogen and oxygen atoms in total. The van der Waals surface area contributed by atoms with Crippen LogP contribution in [0.2, 0.25) is 5.15 Å². The monoisotopic (exact) mass is 458 g/mol. The molecule has 5 atom stereocenters. The van der Waals surface area contributed by atoms with Gasteiger partial charge in [-0.2, -0.15) is 0 Å². The molecule has 0 bridgehead atoms. The largest absolute Gasteiger partial charge is 0.463 e. The zero-order chi connectivity index (χ0) is 22.3. The van der Waals surface area contributed by atoms with Gasteiger partial charge >= 0.3 is 17.9 Å². The first kappa shape index (κ1) is 23.7. The molecule has 0 amide bonds. The minimum Gasteiger partial charge on any atom is -0.463 e. The number of nitrogens with zero attached hydrogens (tertiary/aromatic N) is 4. The zero-order valence-corrected chi connectivity index (χ0v) is 17.8. The van der Waals surface area contributed by atoms with Crippen LogP contribution in [-0.4, -0.2) is 59.3 Å². The van der Waals surface area contributed by atoms with Crippen LogP contribution in [0.1, 0.15) is 20.8 Å². The van der Waals surface area contributed by atoms with Crippen molar-refractivity contribution < 1.29 is 33.3 Å². The highest BCUT2D eigenvalue weighted by atomic mass is 35.5. The third kappa shape index (κ3) is 6.77. The van der Waals surface area contributed by atoms with Crippen LogP contribution in [0.4, 0.5) is 0 Å². The van der Waals surface area contributed by atoms with Crippen molar-refractivity contribution in [2.24, 2.45) is 5.11 Å². The van der Waals surface area contributed by atoms with Crippen LogP contribution in [0.25, 0.3) is 10.4 Å². The fourth-order valence-corrected chi connectivity index (χ4v) is 4.14. The Kier molecular flexibility index (Phi) is 8.72. The summed E-state index contributed by atoms with van der Waals surface area (Å²) >= 11 is 7.05. The Balaban J connectivity index is 2.43. The van der Waals surface area contributed by atoms with Gasteiger partial charge in [-0.3, -0.25) is 14.4 Å². The third-order valence-electron chi connectivity index (χ3n) is 3.81. The van der Waals surface area contributed by atoms with Gasteiger partial charge in [0.15, 0.2) is 0 Å². The van der Waals surface area contributed by atoms with Gasteiger partial charge in [0.05, 0.1) is 0 Å². The van der Waals surface area contributed by atoms with E-state index in [0.717, 1.165) is 18.7 Å². The summed E-state index contributed by atoms with van der Waals surface area (Å²) in [6.45, 7) is 3.29. The molecule has 0 unspecified atom stereocenters. The fourth-order valence-electron chi connectivity index (χ4n) is 2.76. The number of rotatable bonds is 7. The number of halogens is 1. The Morgan fingerprint density at radius 2 is 1.90 bits per heavy atom. The second kappa shape index (κ2) is 11.0. The third-order valence-corrected chi connectivity index (χ3v) is 5.15. The van der Waals surface area contributed by atoms with E-state index in [-0.39, 0.29) is 11.8 Å². The quantitative estimate of drug-likeness (QED) is 0.150. The van der Waals surface area contributed by atoms with Crippen molar-refractivity contribution in [2.45, 2.75) is 55.5 Å². The summed E-state index contributed by atoms with van der Waals surface area (Å²) in [5.41, 5.74) is 8.16. The summed E-state index contributed by atoms with van der Waals surface area (Å²) in [6.07, 6.45) is -1.75. The number of ether oxygens (including phenoxy) is 4. The Bertz CT molecular complexity index is 851. The van der Waals surface area contributed by atoms with Gasteiger partial charge in [0.2, 0.25) is 0 Å². The molecule has 0 aromatic carbocycles. The molecular weight excluding hydrogens is 440 g/mol. The van der Waals surface area contributed by atoms with Crippen molar-refractivity contribution >= 4 is 41.3 Å². The normalized spacial score (nSPS) is 25.5. The minimum atomic E-state index is -1.15. The van der Waals surface area contributed by atoms with E-state index in [0.29, 0.717) is 4.90 Å². The number of hydrogen-bond donors (Lipinski definition) is 0. The minimum absolute atomic E-state index is 0.237. The zero-order valence-electron chi connectivity index (χ0n) is 16.3. The van der Waals surface area contributed by atoms with Crippen LogP contribution in [0.15, 0.2) is 28.3 Å². The second-order valence-electron chi connectivity index (χ2n) is 6.12. The Morgan fingerprint density at radius 3 is 2.47 bits per heavy atom. The maximum atomic E-state index is 11.7. The number of carbonyl (C=O) groups is 3. The molecule has 30 heavy (non-hydrogen) atoms. The van der Waals surface area contributed by atoms with Crippen molar-refractivity contribution in [1.82, 2.24) is 4.98 Å². The van der Waals surface area contributed by atoms with Crippen LogP contribution >= 0.6 is 23.4 Å². The number of pyridine rings is 1. The molecular formula is C17H19ClN4O7S. The summed E-state index contributed by atoms with van der Waals surface area (Å²) in [7, 11) is 0. The highest BCUT2D eigenvalue weighted by Crippen LogP contribution is 2.37. The highest BCUT2D eigenvalue weighted by molar-refractivity contribution is 7.99. The number of thioether (sulfide) groups is 1. The molecule has 13 heteroatoms. The van der Waals surface area contributed by atoms with E-state index in [1.54, 1.807) is 12.1 Å². The van der Waals surface area contributed by atoms with Gasteiger partial charge in [-0.1, -0.05) is 28.5 Å². The van der Waals surface area contributed by atoms with Crippen LogP contribution in [0.3, 0.4) is 0 Å². The molecule has 2 heterocycles. The molecule has 0 radical (unpaired) electrons. The number of aromatic nitrogens is 1. The topological polar surface area (TPSA) is 150 Å². The molecule has 1 aliphatic rings. The first-order valence-corrected chi connectivity index (χ1v) is 9.92. The average Bonchev–Trinajstić information content (AvgIpc) is 2.64. The maximum Gasteiger partial charge on any atom is 0.303 e. The van der Waals surface area contributed by atoms with E-state index in [4.69, 9.17) is 36.1 Å². The lowest BCUT2D eigenvalue weighted by Crippen LogP contribution is -2.59. The van der Waals surface area contributed by atoms with Crippen molar-refractivity contribution in [2.75, 3.05) is 6.61 Å². The Morgan fingerprint density at radius 1 is 1.23 bits per heavy atom. The number of hydrogen-bond acceptors (Lipinski definition) is 10. The van der Waals surface area contributed by atoms with Gasteiger partial charge in [0, 0.05) is 36.8 Å². The fraction of sp³-hybridized carbons (Fsp3) is 0.529. The molecule has 1 aliphatic heterocycles. The van der Waals surface area contributed by atoms with Crippen molar-refractivity contribution in [3.63, 3.8) is 0 Å². The van der Waals surface area contributed by atoms with E-state index in [1.165, 1.54) is 20.0 Å². The molecule has 1 aromatic rings. The summed E-state index contributed by atoms with van der Waals surface area (Å²) in [5.74, 6) is -1.91. The molecule has 1 aromatic heterocycles. The van der Waals surface area contributed by atoms with E-state index in [2.05, 4.69) is 15.0 Å². The second-order valence-corrected chi connectivity index (χ2v) is 7.68. The number of esters is 3. The van der Waals surface area contributed by atoms with Gasteiger partial charge in [-0.05, 0) is 17.7 Å². The summed E-state index contributed by atoms with van der Waals surface area (Å²) in [5, 5.41) is 3.93. The molecule has 1 saturated heterocycles. The lowest BCUT2D eigenvalue weighted by molar-refractivity contribution is -0.201. The Labute approximate surface area is 181 Å². The summed E-state index contributed by atoms with van der Waals surface area (Å²) in [6, 6.07) is 2.10. The van der Waals surface area contributed by atoms with Gasteiger partial charge in [0.25, 0.3) is 0 Å². The van der Waals surface area contributed by atoms with Gasteiger partial charge < -0.3 is 18.9 Å². The van der Waals surface area contributed by atoms with Crippen molar-refractivity contribution in [3.8, 4) is 0 Å². The first-order chi connectivity index (χ1) is 14.2. The predicted molar refractivity (Wildman–Crippen MR) is 104 cm³/mol. The number of carbonyl (C=O) groups excluding carboxylic acids is 3. The van der Waals surface area contributed by atoms with Crippen molar-refractivity contribution in [3.05, 3.63) is 33.9 Å². The summed E-state index contributed by atoms with van der Waals surface area (Å²) < 4.78 is 21.6. The molecule has 162 valence electrons. The lowest BCUT2D eigenvalue weighted by atomic mass is 9.97. The highest BCUT2D eigenvalue weighted by Gasteiger charge is 2.50. The number of azide groups is 1. The molecule has 0 spiro atoms. The first-order valence-electron chi connectivity index (χ1n) is 8.67. The molecule has 1 fully saturated rings. The molecule has 2 rings (SSSR count). The van der Waals surface area contributed by atoms with Crippen LogP contribution in [0.5, 0.6) is 0 Å². The van der Waals surface area contributed by atoms with Crippen LogP contribution in [-0.2, 0) is 33.3 Å². The van der Waals surface area contributed by atoms with Crippen molar-refractivity contribution in [1.29, 1.82) is 0 Å². The smallest absolute Gasteiger partial charge is 0.303 e. The summed E-state index contributed by atoms with van der Waals surface area (Å²) in [4.78, 5) is 41.9. The van der Waals surface area contributed by atoms with E-state index in [9.17, 15) is 14.4 Å². The van der Waals surface area contributed by atoms with E-state index < -0.39 is 47.7 Å². The maximum absolute atomic E-state index is 11.7. The molecule has 0 saturated carbocycles. The average molecular weight is 459 g/mol. The Hall–Kier alpha value is -2.53.